The fraction of sp³-hybridized carbons (Fsp3) is 0.333. The van der Waals surface area contributed by atoms with Crippen molar-refractivity contribution in [1.82, 2.24) is 0 Å². The molecule has 33 heavy (non-hydrogen) atoms. The fourth-order valence-corrected chi connectivity index (χ4v) is 4.60. The normalized spacial score (nSPS) is 25.1. The summed E-state index contributed by atoms with van der Waals surface area (Å²) in [7, 11) is 0. The molecular formula is C27H29IO5. The monoisotopic (exact) mass is 560 g/mol. The molecule has 0 radical (unpaired) electrons. The first-order valence-corrected chi connectivity index (χ1v) is 12.4. The Morgan fingerprint density at radius 1 is 0.667 bits per heavy atom. The first kappa shape index (κ1) is 24.3. The Balaban J connectivity index is 1.46. The smallest absolute Gasteiger partial charge is 0.169 e. The van der Waals surface area contributed by atoms with Crippen molar-refractivity contribution in [2.45, 2.75) is 48.3 Å². The zero-order chi connectivity index (χ0) is 22.9. The predicted octanol–water partition coefficient (Wildman–Crippen LogP) is 4.89. The van der Waals surface area contributed by atoms with E-state index in [1.54, 1.807) is 0 Å². The van der Waals surface area contributed by atoms with Crippen LogP contribution in [-0.2, 0) is 38.8 Å². The van der Waals surface area contributed by atoms with E-state index in [4.69, 9.17) is 18.9 Å². The molecule has 1 saturated heterocycles. The minimum atomic E-state index is -0.965. The second kappa shape index (κ2) is 12.6. The highest BCUT2D eigenvalue weighted by molar-refractivity contribution is 14.1. The standard InChI is InChI=1S/C27H29IO5/c28-24-26(32-18-22-14-8-3-9-15-22)25(31-17-21-12-6-2-7-13-21)23(33-27(24)29)19-30-16-20-10-4-1-5-11-20/h1-15,23-27,29H,16-19H2/t23-,24-,25-,26-,27?/m1/s1. The van der Waals surface area contributed by atoms with Gasteiger partial charge in [-0.1, -0.05) is 114 Å². The number of hydrogen-bond donors (Lipinski definition) is 1. The van der Waals surface area contributed by atoms with E-state index < -0.39 is 18.5 Å². The Labute approximate surface area is 208 Å². The summed E-state index contributed by atoms with van der Waals surface area (Å²) in [6.45, 7) is 1.61. The van der Waals surface area contributed by atoms with Gasteiger partial charge in [0.25, 0.3) is 0 Å². The molecule has 1 N–H and O–H groups in total. The van der Waals surface area contributed by atoms with Crippen LogP contribution >= 0.6 is 22.6 Å². The van der Waals surface area contributed by atoms with Crippen LogP contribution in [0.5, 0.6) is 0 Å². The summed E-state index contributed by atoms with van der Waals surface area (Å²) in [5.74, 6) is 0. The summed E-state index contributed by atoms with van der Waals surface area (Å²) in [4.78, 5) is 0. The van der Waals surface area contributed by atoms with E-state index in [0.29, 0.717) is 26.4 Å². The van der Waals surface area contributed by atoms with Gasteiger partial charge in [-0.25, -0.2) is 0 Å². The van der Waals surface area contributed by atoms with Crippen LogP contribution in [-0.4, -0.2) is 40.2 Å². The summed E-state index contributed by atoms with van der Waals surface area (Å²) in [6.07, 6.45) is -2.17. The van der Waals surface area contributed by atoms with Crippen molar-refractivity contribution >= 4 is 22.6 Å². The van der Waals surface area contributed by atoms with Gasteiger partial charge >= 0.3 is 0 Å². The molecule has 0 aromatic heterocycles. The van der Waals surface area contributed by atoms with E-state index in [2.05, 4.69) is 22.6 Å². The third-order valence-corrected chi connectivity index (χ3v) is 6.88. The highest BCUT2D eigenvalue weighted by Crippen LogP contribution is 2.31. The Bertz CT molecular complexity index is 941. The summed E-state index contributed by atoms with van der Waals surface area (Å²) >= 11 is 2.19. The fourth-order valence-electron chi connectivity index (χ4n) is 3.81. The molecule has 174 valence electrons. The second-order valence-electron chi connectivity index (χ2n) is 8.03. The maximum absolute atomic E-state index is 10.6. The molecule has 0 aliphatic carbocycles. The first-order chi connectivity index (χ1) is 16.2. The Morgan fingerprint density at radius 3 is 1.64 bits per heavy atom. The molecule has 0 saturated carbocycles. The van der Waals surface area contributed by atoms with Crippen molar-refractivity contribution in [1.29, 1.82) is 0 Å². The van der Waals surface area contributed by atoms with Crippen LogP contribution in [0, 0.1) is 0 Å². The van der Waals surface area contributed by atoms with Crippen molar-refractivity contribution in [3.8, 4) is 0 Å². The number of halogens is 1. The van der Waals surface area contributed by atoms with Gasteiger partial charge in [0.05, 0.1) is 30.4 Å². The summed E-state index contributed by atoms with van der Waals surface area (Å²) in [5, 5.41) is 10.6. The van der Waals surface area contributed by atoms with Crippen LogP contribution in [0.3, 0.4) is 0 Å². The number of benzene rings is 3. The lowest BCUT2D eigenvalue weighted by molar-refractivity contribution is -0.258. The molecule has 0 spiro atoms. The van der Waals surface area contributed by atoms with Gasteiger partial charge in [-0.15, -0.1) is 0 Å². The number of alkyl halides is 1. The number of hydrogen-bond acceptors (Lipinski definition) is 5. The van der Waals surface area contributed by atoms with Crippen molar-refractivity contribution in [3.05, 3.63) is 108 Å². The number of aliphatic hydroxyl groups is 1. The molecule has 0 bridgehead atoms. The molecule has 5 atom stereocenters. The molecule has 3 aromatic rings. The molecule has 5 nitrogen and oxygen atoms in total. The summed E-state index contributed by atoms with van der Waals surface area (Å²) in [6, 6.07) is 30.0. The maximum atomic E-state index is 10.6. The molecule has 3 aromatic carbocycles. The molecule has 1 aliphatic rings. The van der Waals surface area contributed by atoms with Crippen LogP contribution in [0.1, 0.15) is 16.7 Å². The molecule has 4 rings (SSSR count). The predicted molar refractivity (Wildman–Crippen MR) is 135 cm³/mol. The molecule has 1 fully saturated rings. The van der Waals surface area contributed by atoms with Crippen LogP contribution in [0.15, 0.2) is 91.0 Å². The van der Waals surface area contributed by atoms with Gasteiger partial charge in [0.15, 0.2) is 6.29 Å². The lowest BCUT2D eigenvalue weighted by Gasteiger charge is -2.42. The van der Waals surface area contributed by atoms with Gasteiger partial charge in [-0.05, 0) is 16.7 Å². The van der Waals surface area contributed by atoms with Crippen molar-refractivity contribution in [3.63, 3.8) is 0 Å². The lowest BCUT2D eigenvalue weighted by atomic mass is 10.0. The molecular weight excluding hydrogens is 531 g/mol. The lowest BCUT2D eigenvalue weighted by Crippen LogP contribution is -2.58. The zero-order valence-corrected chi connectivity index (χ0v) is 20.5. The molecule has 1 unspecified atom stereocenters. The number of ether oxygens (including phenoxy) is 4. The van der Waals surface area contributed by atoms with Crippen molar-refractivity contribution in [2.24, 2.45) is 0 Å². The minimum absolute atomic E-state index is 0.280. The van der Waals surface area contributed by atoms with Gasteiger partial charge in [0.2, 0.25) is 0 Å². The topological polar surface area (TPSA) is 57.2 Å². The number of rotatable bonds is 10. The average Bonchev–Trinajstić information content (AvgIpc) is 2.86. The van der Waals surface area contributed by atoms with E-state index in [0.717, 1.165) is 16.7 Å². The molecule has 1 aliphatic heterocycles. The van der Waals surface area contributed by atoms with Gasteiger partial charge in [-0.2, -0.15) is 0 Å². The maximum Gasteiger partial charge on any atom is 0.169 e. The Morgan fingerprint density at radius 2 is 1.12 bits per heavy atom. The van der Waals surface area contributed by atoms with Crippen molar-refractivity contribution < 1.29 is 24.1 Å². The van der Waals surface area contributed by atoms with Gasteiger partial charge in [0.1, 0.15) is 18.3 Å². The average molecular weight is 560 g/mol. The third-order valence-electron chi connectivity index (χ3n) is 5.55. The van der Waals surface area contributed by atoms with E-state index >= 15 is 0 Å². The SMILES string of the molecule is OC1O[C@H](COCc2ccccc2)[C@@H](OCc2ccccc2)[C@H](OCc2ccccc2)[C@H]1I. The van der Waals surface area contributed by atoms with Crippen LogP contribution in [0.4, 0.5) is 0 Å². The molecule has 6 heteroatoms. The second-order valence-corrected chi connectivity index (χ2v) is 9.47. The largest absolute Gasteiger partial charge is 0.374 e. The van der Waals surface area contributed by atoms with Crippen molar-refractivity contribution in [2.75, 3.05) is 6.61 Å². The third kappa shape index (κ3) is 7.09. The van der Waals surface area contributed by atoms with E-state index in [-0.39, 0.29) is 10.0 Å². The molecule has 1 heterocycles. The Hall–Kier alpha value is -1.81. The number of aliphatic hydroxyl groups excluding tert-OH is 1. The van der Waals surface area contributed by atoms with E-state index in [1.807, 2.05) is 91.0 Å². The highest BCUT2D eigenvalue weighted by Gasteiger charge is 2.46. The van der Waals surface area contributed by atoms with Crippen LogP contribution in [0.2, 0.25) is 0 Å². The Kier molecular flexibility index (Phi) is 9.28. The molecule has 0 amide bonds. The zero-order valence-electron chi connectivity index (χ0n) is 18.3. The minimum Gasteiger partial charge on any atom is -0.374 e. The quantitative estimate of drug-likeness (QED) is 0.283. The van der Waals surface area contributed by atoms with Gasteiger partial charge in [0, 0.05) is 0 Å². The highest BCUT2D eigenvalue weighted by atomic mass is 127. The first-order valence-electron chi connectivity index (χ1n) is 11.1. The van der Waals surface area contributed by atoms with E-state index in [1.165, 1.54) is 0 Å². The summed E-state index contributed by atoms with van der Waals surface area (Å²) < 4.78 is 24.3. The van der Waals surface area contributed by atoms with Gasteiger partial charge in [-0.3, -0.25) is 0 Å². The van der Waals surface area contributed by atoms with Gasteiger partial charge < -0.3 is 24.1 Å². The summed E-state index contributed by atoms with van der Waals surface area (Å²) in [5.41, 5.74) is 3.22. The van der Waals surface area contributed by atoms with E-state index in [9.17, 15) is 5.11 Å². The van der Waals surface area contributed by atoms with Crippen LogP contribution in [0.25, 0.3) is 0 Å². The van der Waals surface area contributed by atoms with Crippen LogP contribution < -0.4 is 0 Å².